The second kappa shape index (κ2) is 11.8. The van der Waals surface area contributed by atoms with Crippen LogP contribution < -0.4 is 16.4 Å². The summed E-state index contributed by atoms with van der Waals surface area (Å²) in [5.74, 6) is -1.25. The second-order valence-corrected chi connectivity index (χ2v) is 12.2. The van der Waals surface area contributed by atoms with Crippen molar-refractivity contribution in [2.24, 2.45) is 5.41 Å². The molecule has 1 aliphatic carbocycles. The molecule has 2 aromatic rings. The van der Waals surface area contributed by atoms with Crippen molar-refractivity contribution < 1.29 is 24.3 Å². The predicted octanol–water partition coefficient (Wildman–Crippen LogP) is 3.25. The summed E-state index contributed by atoms with van der Waals surface area (Å²) >= 11 is 0. The number of rotatable bonds is 6. The van der Waals surface area contributed by atoms with E-state index in [0.29, 0.717) is 5.69 Å². The first kappa shape index (κ1) is 29.9. The van der Waals surface area contributed by atoms with Gasteiger partial charge in [0.25, 0.3) is 0 Å². The fourth-order valence-corrected chi connectivity index (χ4v) is 5.66. The van der Waals surface area contributed by atoms with E-state index in [4.69, 9.17) is 5.73 Å². The van der Waals surface area contributed by atoms with Crippen LogP contribution in [0.1, 0.15) is 68.8 Å². The Morgan fingerprint density at radius 2 is 1.78 bits per heavy atom. The van der Waals surface area contributed by atoms with Crippen LogP contribution in [0, 0.1) is 5.41 Å². The van der Waals surface area contributed by atoms with Crippen molar-refractivity contribution >= 4 is 29.5 Å². The predicted molar refractivity (Wildman–Crippen MR) is 156 cm³/mol. The van der Waals surface area contributed by atoms with Gasteiger partial charge in [-0.15, -0.1) is 0 Å². The lowest BCUT2D eigenvalue weighted by molar-refractivity contribution is -0.147. The first-order valence-electron chi connectivity index (χ1n) is 14.1. The zero-order valence-electron chi connectivity index (χ0n) is 24.4. The molecule has 10 nitrogen and oxygen atoms in total. The van der Waals surface area contributed by atoms with Crippen LogP contribution in [0.5, 0.6) is 0 Å². The Kier molecular flexibility index (Phi) is 8.60. The third-order valence-electron chi connectivity index (χ3n) is 8.29. The van der Waals surface area contributed by atoms with Gasteiger partial charge in [-0.3, -0.25) is 19.3 Å². The number of anilines is 1. The summed E-state index contributed by atoms with van der Waals surface area (Å²) in [4.78, 5) is 55.2. The first-order valence-corrected chi connectivity index (χ1v) is 14.1. The van der Waals surface area contributed by atoms with Crippen molar-refractivity contribution in [3.63, 3.8) is 0 Å². The monoisotopic (exact) mass is 563 g/mol. The van der Waals surface area contributed by atoms with E-state index < -0.39 is 41.4 Å². The highest BCUT2D eigenvalue weighted by molar-refractivity contribution is 5.94. The van der Waals surface area contributed by atoms with Gasteiger partial charge in [0, 0.05) is 25.7 Å². The van der Waals surface area contributed by atoms with Gasteiger partial charge < -0.3 is 26.4 Å². The Balaban J connectivity index is 1.64. The number of benzene rings is 2. The minimum Gasteiger partial charge on any atom is -0.465 e. The third kappa shape index (κ3) is 6.47. The Hall–Kier alpha value is -4.08. The smallest absolute Gasteiger partial charge is 0.407 e. The average molecular weight is 564 g/mol. The van der Waals surface area contributed by atoms with Crippen molar-refractivity contribution in [2.45, 2.75) is 84.1 Å². The molecule has 2 aromatic carbocycles. The number of hydrogen-bond acceptors (Lipinski definition) is 5. The van der Waals surface area contributed by atoms with Gasteiger partial charge >= 0.3 is 6.09 Å². The molecule has 2 aliphatic rings. The molecule has 0 saturated carbocycles. The molecule has 0 fully saturated rings. The van der Waals surface area contributed by atoms with Crippen LogP contribution in [0.15, 0.2) is 42.5 Å². The molecule has 220 valence electrons. The van der Waals surface area contributed by atoms with Crippen molar-refractivity contribution in [1.82, 2.24) is 20.4 Å². The van der Waals surface area contributed by atoms with Gasteiger partial charge in [0.05, 0.1) is 6.04 Å². The highest BCUT2D eigenvalue weighted by atomic mass is 16.4. The third-order valence-corrected chi connectivity index (χ3v) is 8.29. The van der Waals surface area contributed by atoms with Gasteiger partial charge in [0.2, 0.25) is 17.7 Å². The number of nitrogens with one attached hydrogen (secondary N) is 2. The SMILES string of the molecule is C[C@@H](C(=O)N[C@H](C(=O)N1Cc2ccc(N)cc2C[C@H]1C(=O)N[C@@H]1CCCc2ccccc21)C(C)(C)C)N(C)C(=O)O. The van der Waals surface area contributed by atoms with E-state index >= 15 is 0 Å². The van der Waals surface area contributed by atoms with Crippen molar-refractivity contribution in [1.29, 1.82) is 0 Å². The molecule has 10 heteroatoms. The maximum atomic E-state index is 14.3. The number of nitrogens with two attached hydrogens (primary N) is 1. The Morgan fingerprint density at radius 1 is 1.07 bits per heavy atom. The largest absolute Gasteiger partial charge is 0.465 e. The zero-order chi connectivity index (χ0) is 30.1. The molecular formula is C31H41N5O5. The number of nitrogens with zero attached hydrogens (tertiary/aromatic N) is 2. The van der Waals surface area contributed by atoms with Gasteiger partial charge in [-0.05, 0) is 66.0 Å². The Labute approximate surface area is 241 Å². The van der Waals surface area contributed by atoms with Crippen molar-refractivity contribution in [2.75, 3.05) is 12.8 Å². The number of nitrogen functional groups attached to an aromatic ring is 1. The number of carboxylic acid groups (broad SMARTS) is 1. The van der Waals surface area contributed by atoms with Crippen LogP contribution >= 0.6 is 0 Å². The second-order valence-electron chi connectivity index (χ2n) is 12.2. The van der Waals surface area contributed by atoms with E-state index in [1.54, 1.807) is 11.0 Å². The average Bonchev–Trinajstić information content (AvgIpc) is 2.93. The van der Waals surface area contributed by atoms with Crippen LogP contribution in [0.3, 0.4) is 0 Å². The minimum atomic E-state index is -1.25. The van der Waals surface area contributed by atoms with E-state index in [-0.39, 0.29) is 24.9 Å². The van der Waals surface area contributed by atoms with Crippen molar-refractivity contribution in [3.8, 4) is 0 Å². The summed E-state index contributed by atoms with van der Waals surface area (Å²) in [5.41, 5.74) is 10.0. The van der Waals surface area contributed by atoms with E-state index in [2.05, 4.69) is 16.7 Å². The Bertz CT molecular complexity index is 1340. The molecule has 4 rings (SSSR count). The van der Waals surface area contributed by atoms with Gasteiger partial charge in [0.15, 0.2) is 0 Å². The van der Waals surface area contributed by atoms with Crippen LogP contribution in [-0.4, -0.2) is 63.9 Å². The fourth-order valence-electron chi connectivity index (χ4n) is 5.66. The molecule has 1 heterocycles. The summed E-state index contributed by atoms with van der Waals surface area (Å²) in [6, 6.07) is 10.6. The van der Waals surface area contributed by atoms with Crippen LogP contribution in [0.2, 0.25) is 0 Å². The maximum Gasteiger partial charge on any atom is 0.407 e. The van der Waals surface area contributed by atoms with E-state index in [1.807, 2.05) is 51.1 Å². The van der Waals surface area contributed by atoms with Gasteiger partial charge in [-0.1, -0.05) is 51.1 Å². The summed E-state index contributed by atoms with van der Waals surface area (Å²) in [5, 5.41) is 15.3. The molecule has 4 amide bonds. The number of fused-ring (bicyclic) bond motifs is 2. The summed E-state index contributed by atoms with van der Waals surface area (Å²) in [6.07, 6.45) is 1.76. The lowest BCUT2D eigenvalue weighted by Crippen LogP contribution is -2.62. The first-order chi connectivity index (χ1) is 19.3. The highest BCUT2D eigenvalue weighted by Gasteiger charge is 2.43. The quantitative estimate of drug-likeness (QED) is 0.397. The van der Waals surface area contributed by atoms with E-state index in [1.165, 1.54) is 19.5 Å². The fraction of sp³-hybridized carbons (Fsp3) is 0.484. The zero-order valence-corrected chi connectivity index (χ0v) is 24.4. The highest BCUT2D eigenvalue weighted by Crippen LogP contribution is 2.32. The number of carbonyl (C=O) groups excluding carboxylic acids is 3. The molecular weight excluding hydrogens is 522 g/mol. The Morgan fingerprint density at radius 3 is 2.46 bits per heavy atom. The number of hydrogen-bond donors (Lipinski definition) is 4. The molecule has 0 radical (unpaired) electrons. The molecule has 0 bridgehead atoms. The van der Waals surface area contributed by atoms with Crippen LogP contribution in [0.25, 0.3) is 0 Å². The van der Waals surface area contributed by atoms with E-state index in [0.717, 1.165) is 40.9 Å². The molecule has 0 saturated heterocycles. The molecule has 0 unspecified atom stereocenters. The molecule has 0 aromatic heterocycles. The summed E-state index contributed by atoms with van der Waals surface area (Å²) in [6.45, 7) is 7.13. The normalized spacial score (nSPS) is 19.7. The standard InChI is InChI=1S/C31H41N5O5/c1-18(35(5)30(40)41)27(37)34-26(31(2,3)4)29(39)36-17-20-13-14-22(32)15-21(20)16-25(36)28(38)33-24-12-8-10-19-9-6-7-11-23(19)24/h6-7,9,11,13-15,18,24-26H,8,10,12,16-17,32H2,1-5H3,(H,33,38)(H,34,37)(H,40,41)/t18-,24+,25-,26+/m0/s1. The topological polar surface area (TPSA) is 145 Å². The van der Waals surface area contributed by atoms with Gasteiger partial charge in [-0.25, -0.2) is 4.79 Å². The molecule has 41 heavy (non-hydrogen) atoms. The van der Waals surface area contributed by atoms with Crippen LogP contribution in [-0.2, 0) is 33.8 Å². The van der Waals surface area contributed by atoms with Gasteiger partial charge in [0.1, 0.15) is 18.1 Å². The summed E-state index contributed by atoms with van der Waals surface area (Å²) in [7, 11) is 1.30. The molecule has 5 N–H and O–H groups in total. The lowest BCUT2D eigenvalue weighted by atomic mass is 9.83. The van der Waals surface area contributed by atoms with Gasteiger partial charge in [-0.2, -0.15) is 0 Å². The number of likely N-dealkylation sites (N-methyl/N-ethyl adjacent to an activating group) is 1. The number of amides is 4. The molecule has 0 spiro atoms. The number of carbonyl (C=O) groups is 4. The molecule has 1 aliphatic heterocycles. The van der Waals surface area contributed by atoms with E-state index in [9.17, 15) is 24.3 Å². The number of aryl methyl sites for hydroxylation is 1. The van der Waals surface area contributed by atoms with Crippen LogP contribution in [0.4, 0.5) is 10.5 Å². The summed E-state index contributed by atoms with van der Waals surface area (Å²) < 4.78 is 0. The molecule has 4 atom stereocenters. The maximum absolute atomic E-state index is 14.3. The minimum absolute atomic E-state index is 0.155. The van der Waals surface area contributed by atoms with Crippen molar-refractivity contribution in [3.05, 3.63) is 64.7 Å². The lowest BCUT2D eigenvalue weighted by Gasteiger charge is -2.42.